The number of piperazine rings is 1. The van der Waals surface area contributed by atoms with Crippen molar-refractivity contribution < 1.29 is 14.0 Å². The van der Waals surface area contributed by atoms with E-state index in [-0.39, 0.29) is 30.2 Å². The molecule has 1 saturated heterocycles. The lowest BCUT2D eigenvalue weighted by Gasteiger charge is -2.39. The maximum absolute atomic E-state index is 14.0. The number of aryl methyl sites for hydroxylation is 1. The van der Waals surface area contributed by atoms with E-state index in [9.17, 15) is 14.0 Å². The van der Waals surface area contributed by atoms with Crippen molar-refractivity contribution in [1.82, 2.24) is 10.2 Å². The Morgan fingerprint density at radius 1 is 1.36 bits per heavy atom. The quantitative estimate of drug-likeness (QED) is 0.911. The summed E-state index contributed by atoms with van der Waals surface area (Å²) in [5, 5.41) is 2.78. The highest BCUT2D eigenvalue weighted by molar-refractivity contribution is 6.00. The molecular formula is C16H22FN3O2. The van der Waals surface area contributed by atoms with Crippen LogP contribution in [-0.2, 0) is 4.79 Å². The summed E-state index contributed by atoms with van der Waals surface area (Å²) in [6.45, 7) is 7.91. The Morgan fingerprint density at radius 2 is 2.05 bits per heavy atom. The van der Waals surface area contributed by atoms with Crippen molar-refractivity contribution in [1.29, 1.82) is 0 Å². The number of carbonyl (C=O) groups is 2. The van der Waals surface area contributed by atoms with Crippen molar-refractivity contribution >= 4 is 17.6 Å². The van der Waals surface area contributed by atoms with E-state index in [1.807, 2.05) is 20.8 Å². The summed E-state index contributed by atoms with van der Waals surface area (Å²) in [5.41, 5.74) is 1.16. The SMILES string of the molecule is Cc1ccc(F)c(N2CCN(C(=O)NC(C)C)C(C)C2=O)c1. The maximum atomic E-state index is 14.0. The van der Waals surface area contributed by atoms with E-state index in [4.69, 9.17) is 0 Å². The standard InChI is InChI=1S/C16H22FN3O2/c1-10(2)18-16(22)19-7-8-20(15(21)12(19)4)14-9-11(3)5-6-13(14)17/h5-6,9-10,12H,7-8H2,1-4H3,(H,18,22). The van der Waals surface area contributed by atoms with E-state index in [0.717, 1.165) is 5.56 Å². The van der Waals surface area contributed by atoms with Gasteiger partial charge < -0.3 is 15.1 Å². The summed E-state index contributed by atoms with van der Waals surface area (Å²) in [4.78, 5) is 27.5. The Kier molecular flexibility index (Phi) is 4.68. The van der Waals surface area contributed by atoms with Crippen molar-refractivity contribution in [2.75, 3.05) is 18.0 Å². The monoisotopic (exact) mass is 307 g/mol. The first kappa shape index (κ1) is 16.3. The smallest absolute Gasteiger partial charge is 0.318 e. The Hall–Kier alpha value is -2.11. The van der Waals surface area contributed by atoms with Gasteiger partial charge in [-0.05, 0) is 45.4 Å². The van der Waals surface area contributed by atoms with Gasteiger partial charge >= 0.3 is 6.03 Å². The molecule has 6 heteroatoms. The molecule has 0 aromatic heterocycles. The first-order chi connectivity index (χ1) is 10.3. The number of anilines is 1. The Morgan fingerprint density at radius 3 is 2.68 bits per heavy atom. The van der Waals surface area contributed by atoms with E-state index in [1.54, 1.807) is 19.1 Å². The molecule has 1 heterocycles. The fourth-order valence-corrected chi connectivity index (χ4v) is 2.55. The van der Waals surface area contributed by atoms with Crippen LogP contribution in [0.15, 0.2) is 18.2 Å². The van der Waals surface area contributed by atoms with E-state index in [1.165, 1.54) is 15.9 Å². The van der Waals surface area contributed by atoms with Gasteiger partial charge in [0.2, 0.25) is 5.91 Å². The fraction of sp³-hybridized carbons (Fsp3) is 0.500. The number of halogens is 1. The highest BCUT2D eigenvalue weighted by atomic mass is 19.1. The molecule has 0 spiro atoms. The first-order valence-corrected chi connectivity index (χ1v) is 7.46. The normalized spacial score (nSPS) is 18.8. The average Bonchev–Trinajstić information content (AvgIpc) is 2.44. The number of hydrogen-bond acceptors (Lipinski definition) is 2. The lowest BCUT2D eigenvalue weighted by Crippen LogP contribution is -2.60. The Balaban J connectivity index is 2.19. The lowest BCUT2D eigenvalue weighted by atomic mass is 10.1. The van der Waals surface area contributed by atoms with Crippen molar-refractivity contribution in [2.45, 2.75) is 39.8 Å². The largest absolute Gasteiger partial charge is 0.336 e. The van der Waals surface area contributed by atoms with Crippen molar-refractivity contribution in [3.8, 4) is 0 Å². The van der Waals surface area contributed by atoms with Gasteiger partial charge in [0, 0.05) is 19.1 Å². The molecule has 22 heavy (non-hydrogen) atoms. The average molecular weight is 307 g/mol. The Labute approximate surface area is 130 Å². The molecule has 0 bridgehead atoms. The molecule has 1 N–H and O–H groups in total. The van der Waals surface area contributed by atoms with Gasteiger partial charge in [-0.3, -0.25) is 4.79 Å². The van der Waals surface area contributed by atoms with Crippen LogP contribution in [0.3, 0.4) is 0 Å². The number of nitrogens with one attached hydrogen (secondary N) is 1. The molecule has 2 rings (SSSR count). The summed E-state index contributed by atoms with van der Waals surface area (Å²) in [5.74, 6) is -0.694. The molecule has 1 fully saturated rings. The van der Waals surface area contributed by atoms with E-state index in [0.29, 0.717) is 6.54 Å². The molecule has 1 aromatic carbocycles. The van der Waals surface area contributed by atoms with Crippen LogP contribution in [0.25, 0.3) is 0 Å². The van der Waals surface area contributed by atoms with Crippen LogP contribution < -0.4 is 10.2 Å². The molecule has 0 saturated carbocycles. The lowest BCUT2D eigenvalue weighted by molar-refractivity contribution is -0.124. The molecular weight excluding hydrogens is 285 g/mol. The van der Waals surface area contributed by atoms with Crippen molar-refractivity contribution in [3.63, 3.8) is 0 Å². The summed E-state index contributed by atoms with van der Waals surface area (Å²) in [6, 6.07) is 3.80. The molecule has 1 aliphatic rings. The second-order valence-electron chi connectivity index (χ2n) is 5.92. The highest BCUT2D eigenvalue weighted by Crippen LogP contribution is 2.24. The van der Waals surface area contributed by atoms with Crippen molar-refractivity contribution in [2.24, 2.45) is 0 Å². The minimum absolute atomic E-state index is 0.00190. The zero-order chi connectivity index (χ0) is 16.4. The number of rotatable bonds is 2. The summed E-state index contributed by atoms with van der Waals surface area (Å²) in [7, 11) is 0. The minimum atomic E-state index is -0.618. The van der Waals surface area contributed by atoms with Crippen LogP contribution in [0.4, 0.5) is 14.9 Å². The van der Waals surface area contributed by atoms with Gasteiger partial charge in [-0.25, -0.2) is 9.18 Å². The summed E-state index contributed by atoms with van der Waals surface area (Å²) in [6.07, 6.45) is 0. The third-order valence-electron chi connectivity index (χ3n) is 3.72. The molecule has 120 valence electrons. The van der Waals surface area contributed by atoms with Gasteiger partial charge in [0.05, 0.1) is 5.69 Å². The minimum Gasteiger partial charge on any atom is -0.336 e. The third kappa shape index (κ3) is 3.21. The van der Waals surface area contributed by atoms with Crippen LogP contribution in [0.1, 0.15) is 26.3 Å². The maximum Gasteiger partial charge on any atom is 0.318 e. The molecule has 1 atom stereocenters. The molecule has 0 aliphatic carbocycles. The van der Waals surface area contributed by atoms with Gasteiger partial charge in [-0.1, -0.05) is 6.07 Å². The number of benzene rings is 1. The molecule has 1 unspecified atom stereocenters. The van der Waals surface area contributed by atoms with Gasteiger partial charge in [0.25, 0.3) is 0 Å². The third-order valence-corrected chi connectivity index (χ3v) is 3.72. The predicted molar refractivity (Wildman–Crippen MR) is 83.3 cm³/mol. The van der Waals surface area contributed by atoms with Crippen molar-refractivity contribution in [3.05, 3.63) is 29.6 Å². The van der Waals surface area contributed by atoms with Gasteiger partial charge in [0.1, 0.15) is 11.9 Å². The molecule has 1 aliphatic heterocycles. The second-order valence-corrected chi connectivity index (χ2v) is 5.92. The molecule has 5 nitrogen and oxygen atoms in total. The number of amides is 3. The zero-order valence-corrected chi connectivity index (χ0v) is 13.4. The van der Waals surface area contributed by atoms with Crippen LogP contribution in [0.5, 0.6) is 0 Å². The summed E-state index contributed by atoms with van der Waals surface area (Å²) < 4.78 is 14.0. The Bertz CT molecular complexity index is 589. The van der Waals surface area contributed by atoms with E-state index >= 15 is 0 Å². The summed E-state index contributed by atoms with van der Waals surface area (Å²) >= 11 is 0. The second kappa shape index (κ2) is 6.34. The van der Waals surface area contributed by atoms with Crippen LogP contribution in [0, 0.1) is 12.7 Å². The molecule has 0 radical (unpaired) electrons. The fourth-order valence-electron chi connectivity index (χ4n) is 2.55. The number of carbonyl (C=O) groups excluding carboxylic acids is 2. The molecule has 3 amide bonds. The van der Waals surface area contributed by atoms with Gasteiger partial charge in [-0.2, -0.15) is 0 Å². The number of nitrogens with zero attached hydrogens (tertiary/aromatic N) is 2. The number of urea groups is 1. The topological polar surface area (TPSA) is 52.6 Å². The van der Waals surface area contributed by atoms with Gasteiger partial charge in [0.15, 0.2) is 0 Å². The van der Waals surface area contributed by atoms with E-state index in [2.05, 4.69) is 5.32 Å². The van der Waals surface area contributed by atoms with Crippen LogP contribution in [0.2, 0.25) is 0 Å². The number of hydrogen-bond donors (Lipinski definition) is 1. The van der Waals surface area contributed by atoms with Crippen LogP contribution in [-0.4, -0.2) is 42.0 Å². The van der Waals surface area contributed by atoms with Gasteiger partial charge in [-0.15, -0.1) is 0 Å². The highest BCUT2D eigenvalue weighted by Gasteiger charge is 2.36. The van der Waals surface area contributed by atoms with Crippen LogP contribution >= 0.6 is 0 Å². The molecule has 1 aromatic rings. The first-order valence-electron chi connectivity index (χ1n) is 7.46. The predicted octanol–water partition coefficient (Wildman–Crippen LogP) is 2.29. The zero-order valence-electron chi connectivity index (χ0n) is 13.4. The van der Waals surface area contributed by atoms with E-state index < -0.39 is 11.9 Å².